The van der Waals surface area contributed by atoms with Gasteiger partial charge in [0, 0.05) is 22.4 Å². The molecule has 0 N–H and O–H groups in total. The van der Waals surface area contributed by atoms with Crippen molar-refractivity contribution in [2.45, 2.75) is 4.29 Å². The van der Waals surface area contributed by atoms with Crippen molar-refractivity contribution < 1.29 is 13.6 Å². The first kappa shape index (κ1) is 22.7. The van der Waals surface area contributed by atoms with E-state index >= 15 is 0 Å². The fraction of sp³-hybridized carbons (Fsp3) is 0.143. The van der Waals surface area contributed by atoms with Gasteiger partial charge in [-0.25, -0.2) is 4.57 Å². The SMILES string of the molecule is O=P(Cl)(Oc1ccccc1C(Br)(Br)Br)Oc1ccccc1C(Br)(Br)Br. The van der Waals surface area contributed by atoms with Crippen molar-refractivity contribution in [1.82, 2.24) is 0 Å². The van der Waals surface area contributed by atoms with Crippen LogP contribution in [0, 0.1) is 0 Å². The molecule has 0 radical (unpaired) electrons. The van der Waals surface area contributed by atoms with Crippen LogP contribution in [0.3, 0.4) is 0 Å². The molecular formula is C14H8Br6ClO3P. The number of hydrogen-bond acceptors (Lipinski definition) is 3. The van der Waals surface area contributed by atoms with Crippen molar-refractivity contribution in [3.8, 4) is 11.5 Å². The number of alkyl halides is 6. The minimum atomic E-state index is -3.98. The van der Waals surface area contributed by atoms with Crippen molar-refractivity contribution >= 4 is 114 Å². The maximum atomic E-state index is 12.7. The predicted octanol–water partition coefficient (Wildman–Crippen LogP) is 9.08. The van der Waals surface area contributed by atoms with Crippen LogP contribution in [0.4, 0.5) is 0 Å². The molecule has 0 unspecified atom stereocenters. The third kappa shape index (κ3) is 6.77. The molecule has 0 aliphatic heterocycles. The van der Waals surface area contributed by atoms with E-state index in [1.54, 1.807) is 36.4 Å². The second-order valence-corrected chi connectivity index (χ2v) is 20.6. The van der Waals surface area contributed by atoms with Crippen LogP contribution in [0.5, 0.6) is 11.5 Å². The summed E-state index contributed by atoms with van der Waals surface area (Å²) in [6.07, 6.45) is 0. The molecule has 0 atom stereocenters. The molecule has 2 aromatic carbocycles. The van der Waals surface area contributed by atoms with Crippen molar-refractivity contribution in [2.24, 2.45) is 0 Å². The molecule has 0 saturated heterocycles. The Morgan fingerprint density at radius 2 is 1.04 bits per heavy atom. The first-order valence-electron chi connectivity index (χ1n) is 6.41. The minimum Gasteiger partial charge on any atom is -0.404 e. The van der Waals surface area contributed by atoms with Crippen LogP contribution in [0.2, 0.25) is 0 Å². The quantitative estimate of drug-likeness (QED) is 0.230. The highest BCUT2D eigenvalue weighted by molar-refractivity contribution is 9.39. The first-order valence-corrected chi connectivity index (χ1v) is 13.6. The minimum absolute atomic E-state index is 0.298. The number of para-hydroxylation sites is 2. The lowest BCUT2D eigenvalue weighted by Gasteiger charge is -2.22. The summed E-state index contributed by atoms with van der Waals surface area (Å²) < 4.78 is 22.2. The molecule has 0 amide bonds. The van der Waals surface area contributed by atoms with Crippen molar-refractivity contribution in [3.05, 3.63) is 59.7 Å². The Balaban J connectivity index is 2.33. The van der Waals surface area contributed by atoms with Crippen LogP contribution < -0.4 is 9.05 Å². The van der Waals surface area contributed by atoms with Crippen molar-refractivity contribution in [2.75, 3.05) is 0 Å². The van der Waals surface area contributed by atoms with Crippen LogP contribution >= 0.6 is 114 Å². The molecule has 0 fully saturated rings. The van der Waals surface area contributed by atoms with Crippen LogP contribution in [0.25, 0.3) is 0 Å². The van der Waals surface area contributed by atoms with Crippen LogP contribution in [0.15, 0.2) is 48.5 Å². The molecule has 25 heavy (non-hydrogen) atoms. The van der Waals surface area contributed by atoms with Crippen LogP contribution in [-0.2, 0) is 8.85 Å². The molecule has 0 heterocycles. The molecule has 0 aliphatic carbocycles. The smallest absolute Gasteiger partial charge is 0.404 e. The van der Waals surface area contributed by atoms with Gasteiger partial charge in [-0.05, 0) is 12.1 Å². The van der Waals surface area contributed by atoms with Gasteiger partial charge in [-0.15, -0.1) is 0 Å². The Labute approximate surface area is 200 Å². The topological polar surface area (TPSA) is 35.5 Å². The lowest BCUT2D eigenvalue weighted by Crippen LogP contribution is -2.06. The average molecular weight is 770 g/mol. The summed E-state index contributed by atoms with van der Waals surface area (Å²) in [6, 6.07) is 13.9. The van der Waals surface area contributed by atoms with Gasteiger partial charge < -0.3 is 9.05 Å². The van der Waals surface area contributed by atoms with E-state index in [1.165, 1.54) is 0 Å². The van der Waals surface area contributed by atoms with Crippen LogP contribution in [0.1, 0.15) is 11.1 Å². The summed E-state index contributed by atoms with van der Waals surface area (Å²) in [4.78, 5) is 0. The number of halogens is 7. The van der Waals surface area contributed by atoms with Crippen molar-refractivity contribution in [1.29, 1.82) is 0 Å². The Morgan fingerprint density at radius 1 is 0.720 bits per heavy atom. The van der Waals surface area contributed by atoms with E-state index in [0.29, 0.717) is 22.6 Å². The molecule has 11 heteroatoms. The third-order valence-corrected chi connectivity index (χ3v) is 6.61. The maximum Gasteiger partial charge on any atom is 0.530 e. The zero-order chi connectivity index (χ0) is 18.9. The molecular weight excluding hydrogens is 762 g/mol. The number of hydrogen-bond donors (Lipinski definition) is 0. The van der Waals surface area contributed by atoms with E-state index in [9.17, 15) is 4.57 Å². The second kappa shape index (κ2) is 8.85. The molecule has 2 aromatic rings. The summed E-state index contributed by atoms with van der Waals surface area (Å²) >= 11 is 26.5. The van der Waals surface area contributed by atoms with E-state index in [4.69, 9.17) is 20.3 Å². The van der Waals surface area contributed by atoms with Gasteiger partial charge in [0.2, 0.25) is 0 Å². The van der Waals surface area contributed by atoms with Crippen LogP contribution in [-0.4, -0.2) is 0 Å². The van der Waals surface area contributed by atoms with Gasteiger partial charge >= 0.3 is 6.95 Å². The number of rotatable bonds is 4. The van der Waals surface area contributed by atoms with Gasteiger partial charge in [0.25, 0.3) is 0 Å². The fourth-order valence-electron chi connectivity index (χ4n) is 1.81. The van der Waals surface area contributed by atoms with E-state index in [1.807, 2.05) is 12.1 Å². The third-order valence-electron chi connectivity index (χ3n) is 2.80. The highest BCUT2D eigenvalue weighted by Gasteiger charge is 2.33. The Morgan fingerprint density at radius 3 is 1.36 bits per heavy atom. The molecule has 0 bridgehead atoms. The second-order valence-electron chi connectivity index (χ2n) is 4.60. The summed E-state index contributed by atoms with van der Waals surface area (Å²) in [6.45, 7) is -3.98. The van der Waals surface area contributed by atoms with Gasteiger partial charge in [-0.1, -0.05) is 132 Å². The monoisotopic (exact) mass is 763 g/mol. The summed E-state index contributed by atoms with van der Waals surface area (Å²) in [5.41, 5.74) is 1.28. The Hall–Kier alpha value is 1.44. The summed E-state index contributed by atoms with van der Waals surface area (Å²) in [5, 5.41) is 0. The van der Waals surface area contributed by atoms with E-state index < -0.39 is 11.2 Å². The molecule has 0 saturated carbocycles. The van der Waals surface area contributed by atoms with Gasteiger partial charge in [0.15, 0.2) is 4.29 Å². The fourth-order valence-corrected chi connectivity index (χ4v) is 5.05. The van der Waals surface area contributed by atoms with Gasteiger partial charge in [-0.3, -0.25) is 0 Å². The van der Waals surface area contributed by atoms with Gasteiger partial charge in [0.05, 0.1) is 0 Å². The van der Waals surface area contributed by atoms with E-state index in [-0.39, 0.29) is 0 Å². The van der Waals surface area contributed by atoms with E-state index in [0.717, 1.165) is 0 Å². The molecule has 0 spiro atoms. The Kier molecular flexibility index (Phi) is 8.04. The summed E-state index contributed by atoms with van der Waals surface area (Å²) in [5.74, 6) is 0.596. The average Bonchev–Trinajstić information content (AvgIpc) is 2.45. The van der Waals surface area contributed by atoms with Gasteiger partial charge in [-0.2, -0.15) is 0 Å². The molecule has 3 nitrogen and oxygen atoms in total. The predicted molar refractivity (Wildman–Crippen MR) is 125 cm³/mol. The molecule has 136 valence electrons. The van der Waals surface area contributed by atoms with Crippen molar-refractivity contribution in [3.63, 3.8) is 0 Å². The summed E-state index contributed by atoms with van der Waals surface area (Å²) in [7, 11) is 0. The highest BCUT2D eigenvalue weighted by Crippen LogP contribution is 2.58. The molecule has 2 rings (SSSR count). The molecule has 0 aliphatic rings. The number of benzene rings is 2. The zero-order valence-electron chi connectivity index (χ0n) is 11.9. The van der Waals surface area contributed by atoms with Gasteiger partial charge in [0.1, 0.15) is 11.5 Å². The van der Waals surface area contributed by atoms with E-state index in [2.05, 4.69) is 95.6 Å². The zero-order valence-corrected chi connectivity index (χ0v) is 23.1. The maximum absolute atomic E-state index is 12.7. The standard InChI is InChI=1S/C14H8Br6ClO3P/c15-13(16,17)9-5-1-3-7-11(9)23-25(21,22)24-12-8-4-2-6-10(12)14(18,19)20/h1-8H. The normalized spacial score (nSPS) is 12.8. The first-order chi connectivity index (χ1) is 11.4. The lowest BCUT2D eigenvalue weighted by molar-refractivity contribution is 0.403. The Bertz CT molecular complexity index is 742. The highest BCUT2D eigenvalue weighted by atomic mass is 80.0. The molecule has 0 aromatic heterocycles. The lowest BCUT2D eigenvalue weighted by atomic mass is 10.2. The largest absolute Gasteiger partial charge is 0.530 e.